The zero-order valence-corrected chi connectivity index (χ0v) is 15.6. The van der Waals surface area contributed by atoms with Crippen molar-refractivity contribution in [2.45, 2.75) is 39.5 Å². The monoisotopic (exact) mass is 353 g/mol. The standard InChI is InChI=1S/C16H23N3O2S2/c1-15(7-8-15)13(22)18(3)20-11-5-6-12(17-11)21-19(4)14(23)16(2)9-10-16/h5-6,17H,7-10H2,1-4H3. The Balaban J connectivity index is 1.55. The fraction of sp³-hybridized carbons (Fsp3) is 0.625. The molecule has 2 aliphatic rings. The first kappa shape index (κ1) is 16.5. The molecule has 1 aromatic heterocycles. The van der Waals surface area contributed by atoms with Crippen LogP contribution in [0.3, 0.4) is 0 Å². The second-order valence-corrected chi connectivity index (χ2v) is 7.87. The Kier molecular flexibility index (Phi) is 4.04. The van der Waals surface area contributed by atoms with Gasteiger partial charge >= 0.3 is 0 Å². The summed E-state index contributed by atoms with van der Waals surface area (Å²) in [5, 5.41) is 3.30. The van der Waals surface area contributed by atoms with Gasteiger partial charge in [0, 0.05) is 37.1 Å². The van der Waals surface area contributed by atoms with E-state index in [1.807, 2.05) is 26.2 Å². The van der Waals surface area contributed by atoms with Gasteiger partial charge in [-0.3, -0.25) is 4.98 Å². The minimum absolute atomic E-state index is 0.113. The first-order chi connectivity index (χ1) is 10.7. The molecule has 3 rings (SSSR count). The highest BCUT2D eigenvalue weighted by atomic mass is 32.1. The number of nitrogens with one attached hydrogen (secondary N) is 1. The third kappa shape index (κ3) is 3.45. The Hall–Kier alpha value is -1.34. The third-order valence-corrected chi connectivity index (χ3v) is 6.21. The van der Waals surface area contributed by atoms with Gasteiger partial charge in [-0.2, -0.15) is 0 Å². The van der Waals surface area contributed by atoms with Crippen LogP contribution in [-0.4, -0.2) is 39.2 Å². The highest BCUT2D eigenvalue weighted by Gasteiger charge is 2.45. The van der Waals surface area contributed by atoms with Gasteiger partial charge in [-0.1, -0.05) is 38.3 Å². The molecule has 0 spiro atoms. The quantitative estimate of drug-likeness (QED) is 0.621. The number of nitrogens with zero attached hydrogens (tertiary/aromatic N) is 2. The van der Waals surface area contributed by atoms with E-state index in [1.165, 1.54) is 0 Å². The topological polar surface area (TPSA) is 40.7 Å². The molecule has 2 fully saturated rings. The molecular weight excluding hydrogens is 330 g/mol. The molecule has 126 valence electrons. The van der Waals surface area contributed by atoms with Crippen LogP contribution < -0.4 is 9.68 Å². The number of aromatic nitrogens is 1. The molecule has 1 N–H and O–H groups in total. The van der Waals surface area contributed by atoms with Gasteiger partial charge in [-0.05, 0) is 25.7 Å². The summed E-state index contributed by atoms with van der Waals surface area (Å²) in [6.45, 7) is 4.32. The normalized spacial score (nSPS) is 19.7. The lowest BCUT2D eigenvalue weighted by atomic mass is 10.1. The van der Waals surface area contributed by atoms with Gasteiger partial charge in [-0.15, -0.1) is 0 Å². The minimum Gasteiger partial charge on any atom is -0.361 e. The summed E-state index contributed by atoms with van der Waals surface area (Å²) in [4.78, 5) is 16.2. The first-order valence-electron chi connectivity index (χ1n) is 7.85. The summed E-state index contributed by atoms with van der Waals surface area (Å²) in [6, 6.07) is 3.64. The molecule has 7 heteroatoms. The van der Waals surface area contributed by atoms with E-state index in [-0.39, 0.29) is 10.8 Å². The average Bonchev–Trinajstić information content (AvgIpc) is 3.40. The zero-order valence-electron chi connectivity index (χ0n) is 14.0. The van der Waals surface area contributed by atoms with Gasteiger partial charge in [0.25, 0.3) is 0 Å². The van der Waals surface area contributed by atoms with Gasteiger partial charge in [0.1, 0.15) is 9.98 Å². The molecular formula is C16H23N3O2S2. The van der Waals surface area contributed by atoms with E-state index in [2.05, 4.69) is 18.8 Å². The summed E-state index contributed by atoms with van der Waals surface area (Å²) in [5.41, 5.74) is 0.226. The molecule has 0 bridgehead atoms. The van der Waals surface area contributed by atoms with Gasteiger partial charge in [-0.25, -0.2) is 10.1 Å². The Morgan fingerprint density at radius 1 is 0.913 bits per heavy atom. The second kappa shape index (κ2) is 5.63. The molecule has 1 aromatic rings. The van der Waals surface area contributed by atoms with Crippen LogP contribution in [0, 0.1) is 10.8 Å². The van der Waals surface area contributed by atoms with Crippen molar-refractivity contribution in [1.82, 2.24) is 15.1 Å². The number of H-pyrrole nitrogens is 1. The lowest BCUT2D eigenvalue weighted by Crippen LogP contribution is -2.34. The van der Waals surface area contributed by atoms with E-state index in [0.717, 1.165) is 35.7 Å². The van der Waals surface area contributed by atoms with Crippen LogP contribution >= 0.6 is 24.4 Å². The molecule has 0 saturated heterocycles. The molecule has 1 heterocycles. The van der Waals surface area contributed by atoms with Crippen molar-refractivity contribution in [3.8, 4) is 11.8 Å². The maximum atomic E-state index is 5.75. The molecule has 0 amide bonds. The maximum absolute atomic E-state index is 5.75. The zero-order chi connectivity index (χ0) is 16.8. The van der Waals surface area contributed by atoms with E-state index < -0.39 is 0 Å². The number of aromatic amines is 1. The van der Waals surface area contributed by atoms with Crippen LogP contribution in [0.2, 0.25) is 0 Å². The van der Waals surface area contributed by atoms with Crippen LogP contribution in [0.25, 0.3) is 0 Å². The van der Waals surface area contributed by atoms with Crippen molar-refractivity contribution < 1.29 is 9.68 Å². The lowest BCUT2D eigenvalue weighted by Gasteiger charge is -2.24. The number of thiocarbonyl (C=S) groups is 2. The van der Waals surface area contributed by atoms with Gasteiger partial charge in [0.05, 0.1) is 0 Å². The maximum Gasteiger partial charge on any atom is 0.227 e. The average molecular weight is 354 g/mol. The SMILES string of the molecule is CN(Oc1ccc(ON(C)C(=S)C2(C)CC2)[nH]1)C(=S)C1(C)CC1. The molecule has 2 saturated carbocycles. The Labute approximate surface area is 147 Å². The highest BCUT2D eigenvalue weighted by molar-refractivity contribution is 7.80. The predicted molar refractivity (Wildman–Crippen MR) is 97.5 cm³/mol. The van der Waals surface area contributed by atoms with Crippen LogP contribution in [0.15, 0.2) is 12.1 Å². The molecule has 0 unspecified atom stereocenters. The molecule has 2 aliphatic carbocycles. The molecule has 0 aliphatic heterocycles. The molecule has 5 nitrogen and oxygen atoms in total. The smallest absolute Gasteiger partial charge is 0.227 e. The van der Waals surface area contributed by atoms with Crippen LogP contribution in [0.1, 0.15) is 39.5 Å². The molecule has 0 radical (unpaired) electrons. The van der Waals surface area contributed by atoms with Crippen LogP contribution in [0.4, 0.5) is 0 Å². The van der Waals surface area contributed by atoms with Crippen molar-refractivity contribution in [2.75, 3.05) is 14.1 Å². The summed E-state index contributed by atoms with van der Waals surface area (Å²) >= 11 is 10.9. The Morgan fingerprint density at radius 3 is 1.57 bits per heavy atom. The number of hydroxylamine groups is 4. The largest absolute Gasteiger partial charge is 0.361 e. The number of hydrogen-bond acceptors (Lipinski definition) is 4. The first-order valence-corrected chi connectivity index (χ1v) is 8.66. The summed E-state index contributed by atoms with van der Waals surface area (Å²) in [7, 11) is 3.67. The van der Waals surface area contributed by atoms with Crippen LogP contribution in [-0.2, 0) is 0 Å². The Bertz CT molecular complexity index is 583. The molecule has 0 atom stereocenters. The van der Waals surface area contributed by atoms with Crippen molar-refractivity contribution >= 4 is 34.4 Å². The van der Waals surface area contributed by atoms with Crippen molar-refractivity contribution in [3.63, 3.8) is 0 Å². The van der Waals surface area contributed by atoms with Crippen molar-refractivity contribution in [1.29, 1.82) is 0 Å². The van der Waals surface area contributed by atoms with Gasteiger partial charge in [0.2, 0.25) is 11.8 Å². The fourth-order valence-corrected chi connectivity index (χ4v) is 2.89. The lowest BCUT2D eigenvalue weighted by molar-refractivity contribution is 0.0277. The summed E-state index contributed by atoms with van der Waals surface area (Å²) in [5.74, 6) is 1.18. The van der Waals surface area contributed by atoms with E-state index in [9.17, 15) is 0 Å². The minimum atomic E-state index is 0.113. The van der Waals surface area contributed by atoms with Gasteiger partial charge < -0.3 is 9.68 Å². The van der Waals surface area contributed by atoms with E-state index in [0.29, 0.717) is 11.8 Å². The number of rotatable bonds is 6. The highest BCUT2D eigenvalue weighted by Crippen LogP contribution is 2.47. The summed E-state index contributed by atoms with van der Waals surface area (Å²) in [6.07, 6.45) is 4.50. The van der Waals surface area contributed by atoms with E-state index in [4.69, 9.17) is 34.1 Å². The predicted octanol–water partition coefficient (Wildman–Crippen LogP) is 3.72. The third-order valence-electron chi connectivity index (χ3n) is 4.71. The van der Waals surface area contributed by atoms with Crippen molar-refractivity contribution in [2.24, 2.45) is 10.8 Å². The second-order valence-electron chi connectivity index (χ2n) is 7.10. The van der Waals surface area contributed by atoms with E-state index >= 15 is 0 Å². The summed E-state index contributed by atoms with van der Waals surface area (Å²) < 4.78 is 0. The Morgan fingerprint density at radius 2 is 1.26 bits per heavy atom. The van der Waals surface area contributed by atoms with Crippen LogP contribution in [0.5, 0.6) is 11.8 Å². The fourth-order valence-electron chi connectivity index (χ4n) is 2.40. The van der Waals surface area contributed by atoms with Gasteiger partial charge in [0.15, 0.2) is 0 Å². The van der Waals surface area contributed by atoms with Crippen molar-refractivity contribution in [3.05, 3.63) is 12.1 Å². The molecule has 23 heavy (non-hydrogen) atoms. The number of hydrogen-bond donors (Lipinski definition) is 1. The van der Waals surface area contributed by atoms with E-state index in [1.54, 1.807) is 10.1 Å². The molecule has 0 aromatic carbocycles.